The zero-order valence-electron chi connectivity index (χ0n) is 38.3. The monoisotopic (exact) mass is 1030 g/mol. The maximum absolute atomic E-state index is 13.5. The number of hydrogen-bond donors (Lipinski definition) is 0. The van der Waals surface area contributed by atoms with Gasteiger partial charge >= 0.3 is 59.1 Å². The van der Waals surface area contributed by atoms with Crippen molar-refractivity contribution in [2.24, 2.45) is 0 Å². The van der Waals surface area contributed by atoms with Crippen molar-refractivity contribution in [3.63, 3.8) is 0 Å². The summed E-state index contributed by atoms with van der Waals surface area (Å²) in [6.45, 7) is 3.78. The van der Waals surface area contributed by atoms with E-state index in [4.69, 9.17) is 9.47 Å². The molecule has 8 rings (SSSR count). The molecule has 0 aromatic heterocycles. The first-order valence-corrected chi connectivity index (χ1v) is 26.0. The molecule has 8 aromatic carbocycles. The molecule has 0 aliphatic rings. The van der Waals surface area contributed by atoms with Crippen LogP contribution in [0.2, 0.25) is 0 Å². The fourth-order valence-electron chi connectivity index (χ4n) is 7.25. The van der Waals surface area contributed by atoms with Gasteiger partial charge in [-0.25, -0.2) is 25.3 Å². The Morgan fingerprint density at radius 1 is 0.471 bits per heavy atom. The second-order valence-electron chi connectivity index (χ2n) is 15.5. The maximum atomic E-state index is 13.5. The van der Waals surface area contributed by atoms with Gasteiger partial charge in [0.1, 0.15) is 33.1 Å². The predicted octanol–water partition coefficient (Wildman–Crippen LogP) is 4.88. The Balaban J connectivity index is 0.00000402. The Hall–Kier alpha value is -4.60. The first kappa shape index (κ1) is 54.7. The molecular weight excluding hydrogens is 991 g/mol. The van der Waals surface area contributed by atoms with E-state index in [0.717, 1.165) is 58.0 Å². The molecule has 12 nitrogen and oxygen atoms in total. The predicted molar refractivity (Wildman–Crippen MR) is 253 cm³/mol. The van der Waals surface area contributed by atoms with Gasteiger partial charge in [-0.2, -0.15) is 4.33 Å². The topological polar surface area (TPSA) is 185 Å². The molecule has 0 heterocycles. The van der Waals surface area contributed by atoms with Gasteiger partial charge in [0.25, 0.3) is 0 Å². The third-order valence-corrected chi connectivity index (χ3v) is 16.2. The molecule has 0 saturated carbocycles. The van der Waals surface area contributed by atoms with Gasteiger partial charge in [-0.15, -0.1) is 0 Å². The molecule has 0 amide bonds. The number of aryl methyl sites for hydroxylation is 2. The first-order valence-electron chi connectivity index (χ1n) is 20.9. The maximum Gasteiger partial charge on any atom is 1.00 e. The van der Waals surface area contributed by atoms with Crippen LogP contribution in [0.1, 0.15) is 29.2 Å². The van der Waals surface area contributed by atoms with Gasteiger partial charge in [0.2, 0.25) is 19.7 Å². The minimum absolute atomic E-state index is 0. The van der Waals surface area contributed by atoms with Crippen LogP contribution in [0.5, 0.6) is 23.0 Å². The molecule has 0 unspecified atom stereocenters. The number of sulfone groups is 2. The normalized spacial score (nSPS) is 11.5. The summed E-state index contributed by atoms with van der Waals surface area (Å²) in [6, 6.07) is 50.7. The summed E-state index contributed by atoms with van der Waals surface area (Å²) < 4.78 is 107. The quantitative estimate of drug-likeness (QED) is 0.0396. The summed E-state index contributed by atoms with van der Waals surface area (Å²) in [5.74, 6) is 0.974. The van der Waals surface area contributed by atoms with Gasteiger partial charge in [-0.1, -0.05) is 97.9 Å². The third kappa shape index (κ3) is 13.1. The molecule has 0 aliphatic heterocycles. The molecule has 0 atom stereocenters. The van der Waals surface area contributed by atoms with E-state index in [0.29, 0.717) is 35.5 Å². The van der Waals surface area contributed by atoms with Crippen LogP contribution in [0.25, 0.3) is 22.3 Å². The molecule has 0 N–H and O–H groups in total. The van der Waals surface area contributed by atoms with E-state index in [1.807, 2.05) is 48.5 Å². The molecular formula is C52H40Na2O12S4. The van der Waals surface area contributed by atoms with Crippen molar-refractivity contribution < 1.29 is 113 Å². The van der Waals surface area contributed by atoms with Crippen molar-refractivity contribution >= 4 is 41.8 Å². The number of hydrogen-bond acceptors (Lipinski definition) is 13. The van der Waals surface area contributed by atoms with E-state index >= 15 is 0 Å². The van der Waals surface area contributed by atoms with Gasteiger partial charge in [0.15, 0.2) is 0 Å². The number of rotatable bonds is 17. The van der Waals surface area contributed by atoms with Crippen molar-refractivity contribution in [1.82, 2.24) is 0 Å². The molecule has 70 heavy (non-hydrogen) atoms. The second kappa shape index (κ2) is 23.7. The van der Waals surface area contributed by atoms with Crippen molar-refractivity contribution in [3.05, 3.63) is 204 Å². The summed E-state index contributed by atoms with van der Waals surface area (Å²) in [5.41, 5.74) is 7.62. The van der Waals surface area contributed by atoms with Crippen molar-refractivity contribution in [2.75, 3.05) is 0 Å². The zero-order chi connectivity index (χ0) is 48.1. The van der Waals surface area contributed by atoms with E-state index < -0.39 is 39.6 Å². The third-order valence-electron chi connectivity index (χ3n) is 11.0. The molecule has 0 fully saturated rings. The van der Waals surface area contributed by atoms with E-state index in [1.54, 1.807) is 67.6 Å². The molecule has 0 saturated heterocycles. The molecule has 0 spiro atoms. The molecule has 8 aromatic rings. The van der Waals surface area contributed by atoms with E-state index in [1.165, 1.54) is 35.9 Å². The summed E-state index contributed by atoms with van der Waals surface area (Å²) in [7, 11) is -13.3. The van der Waals surface area contributed by atoms with E-state index in [-0.39, 0.29) is 90.2 Å². The molecule has 346 valence electrons. The average Bonchev–Trinajstić information content (AvgIpc) is 3.34. The van der Waals surface area contributed by atoms with Crippen LogP contribution in [0, 0.1) is 6.92 Å². The summed E-state index contributed by atoms with van der Waals surface area (Å²) >= 11 is 0.501. The molecule has 0 bridgehead atoms. The SMILES string of the molecule is CCc1ccc(-c2ccc(Oc3ccc(S(=O)(=O)c4ccc(Cc5ccc(-c6ccc(Oc7ccc(S(=O)(=O)c8ccc(C)c(SOO[O-])c8)cc7S(=O)(=O)[O-])cc6)cc5)cc4)cc3)cc2)cc1.[Na+].[Na+]. The Bertz CT molecular complexity index is 3410. The van der Waals surface area contributed by atoms with E-state index in [9.17, 15) is 35.1 Å². The Morgan fingerprint density at radius 3 is 1.34 bits per heavy atom. The summed E-state index contributed by atoms with van der Waals surface area (Å²) in [4.78, 5) is -1.01. The van der Waals surface area contributed by atoms with Crippen molar-refractivity contribution in [1.29, 1.82) is 0 Å². The molecule has 18 heteroatoms. The van der Waals surface area contributed by atoms with Gasteiger partial charge < -0.3 is 19.3 Å². The first-order chi connectivity index (χ1) is 32.6. The average molecular weight is 1030 g/mol. The van der Waals surface area contributed by atoms with Crippen LogP contribution in [0.4, 0.5) is 0 Å². The smallest absolute Gasteiger partial charge is 0.744 e. The standard InChI is InChI=1S/C52H42O12S4.2Na/c1-3-36-5-11-39(12-6-36)41-15-19-43(20-16-41)61-44-23-28-47(29-24-44)66(54,55)46-26-9-38(10-27-46)32-37-7-13-40(14-8-37)42-17-21-45(22-18-42)62-50-31-30-49(34-52(50)68(58,59)60)67(56,57)48-25-4-35(2)51(33-48)65-64-63-53;;/h4-31,33-34,53H,3,32H2,1-2H3,(H,58,59,60);;/q;2*+1/p-2. The molecule has 0 aliphatic carbocycles. The van der Waals surface area contributed by atoms with Crippen LogP contribution in [0.15, 0.2) is 211 Å². The van der Waals surface area contributed by atoms with Gasteiger partial charge in [-0.3, -0.25) is 5.04 Å². The van der Waals surface area contributed by atoms with Gasteiger partial charge in [0, 0.05) is 4.90 Å². The second-order valence-corrected chi connectivity index (χ2v) is 21.5. The van der Waals surface area contributed by atoms with Crippen LogP contribution >= 0.6 is 12.0 Å². The Labute approximate surface area is 455 Å². The van der Waals surface area contributed by atoms with Gasteiger partial charge in [0.05, 0.1) is 36.5 Å². The number of benzene rings is 8. The summed E-state index contributed by atoms with van der Waals surface area (Å²) in [6.07, 6.45) is 1.53. The van der Waals surface area contributed by atoms with Crippen molar-refractivity contribution in [3.8, 4) is 45.3 Å². The van der Waals surface area contributed by atoms with Crippen LogP contribution in [-0.4, -0.2) is 29.8 Å². The van der Waals surface area contributed by atoms with Crippen LogP contribution in [0.3, 0.4) is 0 Å². The zero-order valence-corrected chi connectivity index (χ0v) is 45.5. The van der Waals surface area contributed by atoms with Crippen LogP contribution < -0.4 is 73.8 Å². The molecule has 0 radical (unpaired) electrons. The minimum Gasteiger partial charge on any atom is -0.744 e. The Kier molecular flexibility index (Phi) is 18.6. The van der Waals surface area contributed by atoms with Crippen LogP contribution in [-0.2, 0) is 52.0 Å². The summed E-state index contributed by atoms with van der Waals surface area (Å²) in [5, 5.41) is 13.6. The van der Waals surface area contributed by atoms with E-state index in [2.05, 4.69) is 40.6 Å². The number of ether oxygens (including phenoxy) is 2. The minimum atomic E-state index is -5.21. The fraction of sp³-hybridized carbons (Fsp3) is 0.0769. The largest absolute Gasteiger partial charge is 1.00 e. The fourth-order valence-corrected chi connectivity index (χ4v) is 11.1. The Morgan fingerprint density at radius 2 is 0.857 bits per heavy atom. The van der Waals surface area contributed by atoms with Gasteiger partial charge in [-0.05, 0) is 155 Å². The van der Waals surface area contributed by atoms with Crippen molar-refractivity contribution in [2.45, 2.75) is 56.1 Å².